The minimum absolute atomic E-state index is 0.894. The van der Waals surface area contributed by atoms with Crippen LogP contribution in [0.5, 0.6) is 0 Å². The van der Waals surface area contributed by atoms with Crippen LogP contribution in [0.1, 0.15) is 11.1 Å². The van der Waals surface area contributed by atoms with E-state index in [1.165, 1.54) is 11.1 Å². The molecule has 0 saturated heterocycles. The third-order valence-corrected chi connectivity index (χ3v) is 3.15. The number of hydrogen-bond donors (Lipinski definition) is 1. The topological polar surface area (TPSA) is 29.9 Å². The van der Waals surface area contributed by atoms with Crippen molar-refractivity contribution in [2.75, 3.05) is 12.4 Å². The van der Waals surface area contributed by atoms with Crippen LogP contribution in [-0.4, -0.2) is 16.6 Å². The quantitative estimate of drug-likeness (QED) is 0.837. The van der Waals surface area contributed by atoms with E-state index in [9.17, 15) is 0 Å². The number of nitrogens with one attached hydrogen (secondary N) is 1. The molecule has 0 aliphatic heterocycles. The van der Waals surface area contributed by atoms with Crippen LogP contribution < -0.4 is 5.32 Å². The van der Waals surface area contributed by atoms with Gasteiger partial charge in [-0.25, -0.2) is 4.98 Å². The van der Waals surface area contributed by atoms with Crippen molar-refractivity contribution < 1.29 is 0 Å². The smallest absolute Gasteiger partial charge is 0.202 e. The van der Waals surface area contributed by atoms with Gasteiger partial charge in [0.05, 0.1) is 6.54 Å². The standard InChI is InChI=1S/C10H13N3S/c1-8-6-14-7-9(8)5-13-4-3-12-10(13)11-2/h3-4,6-7H,5H2,1-2H3,(H,11,12). The zero-order valence-electron chi connectivity index (χ0n) is 8.32. The molecule has 2 aromatic heterocycles. The first-order chi connectivity index (χ1) is 6.81. The monoisotopic (exact) mass is 207 g/mol. The fourth-order valence-electron chi connectivity index (χ4n) is 1.40. The molecule has 0 radical (unpaired) electrons. The highest BCUT2D eigenvalue weighted by molar-refractivity contribution is 7.08. The molecule has 14 heavy (non-hydrogen) atoms. The average Bonchev–Trinajstić information content (AvgIpc) is 2.77. The summed E-state index contributed by atoms with van der Waals surface area (Å²) < 4.78 is 2.11. The summed E-state index contributed by atoms with van der Waals surface area (Å²) in [4.78, 5) is 4.20. The van der Waals surface area contributed by atoms with Gasteiger partial charge in [0.2, 0.25) is 5.95 Å². The number of hydrogen-bond acceptors (Lipinski definition) is 3. The van der Waals surface area contributed by atoms with Gasteiger partial charge in [-0.1, -0.05) is 0 Å². The third-order valence-electron chi connectivity index (χ3n) is 2.24. The first kappa shape index (κ1) is 9.27. The summed E-state index contributed by atoms with van der Waals surface area (Å²) in [7, 11) is 1.89. The Morgan fingerprint density at radius 2 is 2.36 bits per heavy atom. The zero-order valence-corrected chi connectivity index (χ0v) is 9.14. The lowest BCUT2D eigenvalue weighted by atomic mass is 10.2. The van der Waals surface area contributed by atoms with Gasteiger partial charge in [-0.2, -0.15) is 11.3 Å². The summed E-state index contributed by atoms with van der Waals surface area (Å²) >= 11 is 1.75. The van der Waals surface area contributed by atoms with Gasteiger partial charge in [0.25, 0.3) is 0 Å². The summed E-state index contributed by atoms with van der Waals surface area (Å²) in [5.74, 6) is 0.913. The predicted octanol–water partition coefficient (Wildman–Crippen LogP) is 2.34. The number of nitrogens with zero attached hydrogens (tertiary/aromatic N) is 2. The van der Waals surface area contributed by atoms with E-state index in [2.05, 4.69) is 32.6 Å². The number of anilines is 1. The van der Waals surface area contributed by atoms with E-state index < -0.39 is 0 Å². The molecule has 2 heterocycles. The molecule has 0 fully saturated rings. The lowest BCUT2D eigenvalue weighted by molar-refractivity contribution is 0.803. The molecule has 0 bridgehead atoms. The maximum Gasteiger partial charge on any atom is 0.202 e. The summed E-state index contributed by atoms with van der Waals surface area (Å²) in [5.41, 5.74) is 2.72. The van der Waals surface area contributed by atoms with Crippen LogP contribution in [0, 0.1) is 6.92 Å². The van der Waals surface area contributed by atoms with E-state index >= 15 is 0 Å². The third kappa shape index (κ3) is 1.65. The SMILES string of the molecule is CNc1nccn1Cc1cscc1C. The molecule has 0 aromatic carbocycles. The van der Waals surface area contributed by atoms with Gasteiger partial charge in [0.15, 0.2) is 0 Å². The van der Waals surface area contributed by atoms with Gasteiger partial charge in [-0.05, 0) is 28.8 Å². The second-order valence-electron chi connectivity index (χ2n) is 3.21. The van der Waals surface area contributed by atoms with E-state index in [-0.39, 0.29) is 0 Å². The lowest BCUT2D eigenvalue weighted by Gasteiger charge is -2.06. The Kier molecular flexibility index (Phi) is 2.54. The summed E-state index contributed by atoms with van der Waals surface area (Å²) in [6.45, 7) is 3.04. The first-order valence-corrected chi connectivity index (χ1v) is 5.46. The Labute approximate surface area is 87.4 Å². The maximum absolute atomic E-state index is 4.20. The van der Waals surface area contributed by atoms with Crippen molar-refractivity contribution in [1.82, 2.24) is 9.55 Å². The minimum Gasteiger partial charge on any atom is -0.359 e. The van der Waals surface area contributed by atoms with Crippen molar-refractivity contribution in [2.24, 2.45) is 0 Å². The molecule has 0 atom stereocenters. The second-order valence-corrected chi connectivity index (χ2v) is 3.95. The molecule has 2 aromatic rings. The van der Waals surface area contributed by atoms with Crippen molar-refractivity contribution in [3.05, 3.63) is 34.3 Å². The predicted molar refractivity (Wildman–Crippen MR) is 59.9 cm³/mol. The normalized spacial score (nSPS) is 10.4. The fourth-order valence-corrected chi connectivity index (χ4v) is 2.25. The van der Waals surface area contributed by atoms with Crippen molar-refractivity contribution >= 4 is 17.3 Å². The zero-order chi connectivity index (χ0) is 9.97. The number of rotatable bonds is 3. The molecule has 4 heteroatoms. The number of aromatic nitrogens is 2. The van der Waals surface area contributed by atoms with Crippen molar-refractivity contribution in [1.29, 1.82) is 0 Å². The van der Waals surface area contributed by atoms with Crippen LogP contribution >= 0.6 is 11.3 Å². The molecular formula is C10H13N3S. The average molecular weight is 207 g/mol. The van der Waals surface area contributed by atoms with Crippen LogP contribution in [-0.2, 0) is 6.54 Å². The van der Waals surface area contributed by atoms with E-state index in [1.807, 2.05) is 19.4 Å². The highest BCUT2D eigenvalue weighted by atomic mass is 32.1. The molecule has 0 aliphatic rings. The van der Waals surface area contributed by atoms with E-state index in [4.69, 9.17) is 0 Å². The second kappa shape index (κ2) is 3.84. The summed E-state index contributed by atoms with van der Waals surface area (Å²) in [6, 6.07) is 0. The Balaban J connectivity index is 2.22. The Hall–Kier alpha value is -1.29. The Bertz CT molecular complexity index is 416. The van der Waals surface area contributed by atoms with Crippen LogP contribution in [0.3, 0.4) is 0 Å². The van der Waals surface area contributed by atoms with Gasteiger partial charge in [0.1, 0.15) is 0 Å². The molecule has 2 rings (SSSR count). The molecular weight excluding hydrogens is 194 g/mol. The molecule has 3 nitrogen and oxygen atoms in total. The van der Waals surface area contributed by atoms with Gasteiger partial charge in [-0.3, -0.25) is 0 Å². The van der Waals surface area contributed by atoms with E-state index in [0.29, 0.717) is 0 Å². The van der Waals surface area contributed by atoms with Crippen LogP contribution in [0.2, 0.25) is 0 Å². The number of imidazole rings is 1. The van der Waals surface area contributed by atoms with E-state index in [0.717, 1.165) is 12.5 Å². The summed E-state index contributed by atoms with van der Waals surface area (Å²) in [6.07, 6.45) is 3.80. The van der Waals surface area contributed by atoms with Gasteiger partial charge in [0, 0.05) is 19.4 Å². The molecule has 0 amide bonds. The number of thiophene rings is 1. The first-order valence-electron chi connectivity index (χ1n) is 4.52. The van der Waals surface area contributed by atoms with Gasteiger partial charge >= 0.3 is 0 Å². The van der Waals surface area contributed by atoms with Crippen molar-refractivity contribution in [3.8, 4) is 0 Å². The van der Waals surface area contributed by atoms with Gasteiger partial charge in [-0.15, -0.1) is 0 Å². The maximum atomic E-state index is 4.20. The van der Waals surface area contributed by atoms with Crippen LogP contribution in [0.15, 0.2) is 23.2 Å². The van der Waals surface area contributed by atoms with E-state index in [1.54, 1.807) is 11.3 Å². The molecule has 74 valence electrons. The highest BCUT2D eigenvalue weighted by Crippen LogP contribution is 2.16. The Morgan fingerprint density at radius 1 is 1.50 bits per heavy atom. The largest absolute Gasteiger partial charge is 0.359 e. The van der Waals surface area contributed by atoms with Crippen molar-refractivity contribution in [3.63, 3.8) is 0 Å². The summed E-state index contributed by atoms with van der Waals surface area (Å²) in [5, 5.41) is 7.42. The molecule has 0 aliphatic carbocycles. The van der Waals surface area contributed by atoms with Crippen LogP contribution in [0.4, 0.5) is 5.95 Å². The van der Waals surface area contributed by atoms with Gasteiger partial charge < -0.3 is 9.88 Å². The Morgan fingerprint density at radius 3 is 3.00 bits per heavy atom. The highest BCUT2D eigenvalue weighted by Gasteiger charge is 2.03. The molecule has 0 saturated carbocycles. The molecule has 0 unspecified atom stereocenters. The molecule has 1 N–H and O–H groups in total. The molecule has 0 spiro atoms. The fraction of sp³-hybridized carbons (Fsp3) is 0.300. The minimum atomic E-state index is 0.894. The lowest BCUT2D eigenvalue weighted by Crippen LogP contribution is -2.04. The van der Waals surface area contributed by atoms with Crippen molar-refractivity contribution in [2.45, 2.75) is 13.5 Å². The number of aryl methyl sites for hydroxylation is 1. The van der Waals surface area contributed by atoms with Crippen LogP contribution in [0.25, 0.3) is 0 Å².